The molecule has 0 aliphatic heterocycles. The van der Waals surface area contributed by atoms with E-state index in [1.54, 1.807) is 23.8 Å². The number of hydrogen-bond donors (Lipinski definition) is 0. The summed E-state index contributed by atoms with van der Waals surface area (Å²) in [7, 11) is 0. The number of ether oxygens (including phenoxy) is 1. The van der Waals surface area contributed by atoms with Crippen LogP contribution in [0.4, 0.5) is 0 Å². The molecule has 0 fully saturated rings. The largest absolute Gasteiger partial charge is 0.461 e. The van der Waals surface area contributed by atoms with E-state index in [-0.39, 0.29) is 11.6 Å². The second-order valence-corrected chi connectivity index (χ2v) is 5.13. The van der Waals surface area contributed by atoms with E-state index in [4.69, 9.17) is 4.74 Å². The van der Waals surface area contributed by atoms with E-state index in [2.05, 4.69) is 4.98 Å². The Labute approximate surface area is 127 Å². The summed E-state index contributed by atoms with van der Waals surface area (Å²) in [4.78, 5) is 28.0. The maximum atomic E-state index is 12.0. The molecule has 1 aromatic carbocycles. The van der Waals surface area contributed by atoms with Crippen molar-refractivity contribution in [3.05, 3.63) is 41.7 Å². The van der Waals surface area contributed by atoms with Crippen molar-refractivity contribution in [2.24, 2.45) is 0 Å². The predicted octanol–water partition coefficient (Wildman–Crippen LogP) is 3.33. The Morgan fingerprint density at radius 1 is 1.27 bits per heavy atom. The summed E-state index contributed by atoms with van der Waals surface area (Å²) in [5.41, 5.74) is 2.82. The molecule has 0 aliphatic carbocycles. The highest BCUT2D eigenvalue weighted by molar-refractivity contribution is 6.15. The number of aromatic nitrogens is 2. The van der Waals surface area contributed by atoms with Crippen molar-refractivity contribution >= 4 is 33.7 Å². The lowest BCUT2D eigenvalue weighted by Gasteiger charge is -2.02. The highest BCUT2D eigenvalue weighted by Gasteiger charge is 2.18. The standard InChI is InChI=1S/C17H16N2O3/c1-4-22-17(21)13-8-12-15(9-18-13)19(11(3)20)14-7-5-6-10(2)16(12)14/h5-9H,4H2,1-3H3. The Morgan fingerprint density at radius 3 is 2.73 bits per heavy atom. The number of benzene rings is 1. The first kappa shape index (κ1) is 14.3. The number of aryl methyl sites for hydroxylation is 1. The number of nitrogens with zero attached hydrogens (tertiary/aromatic N) is 2. The molecule has 5 nitrogen and oxygen atoms in total. The van der Waals surface area contributed by atoms with Gasteiger partial charge >= 0.3 is 5.97 Å². The summed E-state index contributed by atoms with van der Waals surface area (Å²) in [6.07, 6.45) is 1.56. The average molecular weight is 296 g/mol. The van der Waals surface area contributed by atoms with E-state index in [0.29, 0.717) is 12.1 Å². The van der Waals surface area contributed by atoms with Gasteiger partial charge in [-0.15, -0.1) is 0 Å². The van der Waals surface area contributed by atoms with Crippen LogP contribution in [0.1, 0.15) is 34.7 Å². The lowest BCUT2D eigenvalue weighted by atomic mass is 10.1. The third-order valence-corrected chi connectivity index (χ3v) is 3.68. The minimum Gasteiger partial charge on any atom is -0.461 e. The van der Waals surface area contributed by atoms with Crippen LogP contribution in [0.25, 0.3) is 21.8 Å². The number of carbonyl (C=O) groups is 2. The van der Waals surface area contributed by atoms with Gasteiger partial charge in [-0.1, -0.05) is 12.1 Å². The topological polar surface area (TPSA) is 61.2 Å². The predicted molar refractivity (Wildman–Crippen MR) is 84.2 cm³/mol. The Bertz CT molecular complexity index is 909. The van der Waals surface area contributed by atoms with E-state index in [1.165, 1.54) is 6.92 Å². The fourth-order valence-electron chi connectivity index (χ4n) is 2.80. The van der Waals surface area contributed by atoms with Gasteiger partial charge in [-0.25, -0.2) is 9.78 Å². The zero-order valence-corrected chi connectivity index (χ0v) is 12.7. The molecule has 22 heavy (non-hydrogen) atoms. The zero-order valence-electron chi connectivity index (χ0n) is 12.7. The summed E-state index contributed by atoms with van der Waals surface area (Å²) in [5.74, 6) is -0.544. The molecule has 0 radical (unpaired) electrons. The Kier molecular flexibility index (Phi) is 3.41. The second kappa shape index (κ2) is 5.26. The van der Waals surface area contributed by atoms with E-state index >= 15 is 0 Å². The first-order chi connectivity index (χ1) is 10.5. The molecule has 0 saturated carbocycles. The summed E-state index contributed by atoms with van der Waals surface area (Å²) in [5, 5.41) is 1.79. The van der Waals surface area contributed by atoms with Gasteiger partial charge in [0.2, 0.25) is 5.91 Å². The first-order valence-corrected chi connectivity index (χ1v) is 7.12. The number of carbonyl (C=O) groups excluding carboxylic acids is 2. The number of hydrogen-bond acceptors (Lipinski definition) is 4. The van der Waals surface area contributed by atoms with E-state index < -0.39 is 5.97 Å². The zero-order chi connectivity index (χ0) is 15.9. The highest BCUT2D eigenvalue weighted by Crippen LogP contribution is 2.31. The van der Waals surface area contributed by atoms with Gasteiger partial charge in [0.25, 0.3) is 0 Å². The van der Waals surface area contributed by atoms with Crippen molar-refractivity contribution in [3.63, 3.8) is 0 Å². The van der Waals surface area contributed by atoms with Crippen LogP contribution < -0.4 is 0 Å². The van der Waals surface area contributed by atoms with Crippen LogP contribution in [0.15, 0.2) is 30.5 Å². The van der Waals surface area contributed by atoms with Crippen molar-refractivity contribution in [1.29, 1.82) is 0 Å². The smallest absolute Gasteiger partial charge is 0.356 e. The van der Waals surface area contributed by atoms with Crippen molar-refractivity contribution in [2.45, 2.75) is 20.8 Å². The monoisotopic (exact) mass is 296 g/mol. The quantitative estimate of drug-likeness (QED) is 0.680. The number of pyridine rings is 1. The molecule has 0 bridgehead atoms. The third-order valence-electron chi connectivity index (χ3n) is 3.68. The Hall–Kier alpha value is -2.69. The molecule has 112 valence electrons. The molecular formula is C17H16N2O3. The van der Waals surface area contributed by atoms with Crippen LogP contribution in [0.3, 0.4) is 0 Å². The van der Waals surface area contributed by atoms with Crippen molar-refractivity contribution < 1.29 is 14.3 Å². The fourth-order valence-corrected chi connectivity index (χ4v) is 2.80. The molecule has 0 spiro atoms. The van der Waals surface area contributed by atoms with Gasteiger partial charge in [0.15, 0.2) is 0 Å². The van der Waals surface area contributed by atoms with Crippen LogP contribution >= 0.6 is 0 Å². The minimum atomic E-state index is -0.457. The van der Waals surface area contributed by atoms with Gasteiger partial charge in [-0.05, 0) is 31.5 Å². The van der Waals surface area contributed by atoms with Crippen molar-refractivity contribution in [1.82, 2.24) is 9.55 Å². The van der Waals surface area contributed by atoms with Gasteiger partial charge in [0, 0.05) is 17.7 Å². The molecule has 0 N–H and O–H groups in total. The second-order valence-electron chi connectivity index (χ2n) is 5.13. The molecule has 0 saturated heterocycles. The van der Waals surface area contributed by atoms with Gasteiger partial charge in [-0.3, -0.25) is 9.36 Å². The normalized spacial score (nSPS) is 11.0. The van der Waals surface area contributed by atoms with E-state index in [9.17, 15) is 9.59 Å². The molecule has 2 aromatic heterocycles. The van der Waals surface area contributed by atoms with Crippen molar-refractivity contribution in [3.8, 4) is 0 Å². The molecule has 0 amide bonds. The van der Waals surface area contributed by atoms with Crippen LogP contribution in [0.5, 0.6) is 0 Å². The van der Waals surface area contributed by atoms with Gasteiger partial charge < -0.3 is 4.74 Å². The lowest BCUT2D eigenvalue weighted by Crippen LogP contribution is -2.08. The van der Waals surface area contributed by atoms with Crippen LogP contribution in [-0.2, 0) is 4.74 Å². The molecule has 3 rings (SSSR count). The van der Waals surface area contributed by atoms with Crippen LogP contribution in [-0.4, -0.2) is 28.0 Å². The fraction of sp³-hybridized carbons (Fsp3) is 0.235. The molecule has 5 heteroatoms. The highest BCUT2D eigenvalue weighted by atomic mass is 16.5. The summed E-state index contributed by atoms with van der Waals surface area (Å²) >= 11 is 0. The van der Waals surface area contributed by atoms with E-state index in [1.807, 2.05) is 25.1 Å². The number of fused-ring (bicyclic) bond motifs is 3. The average Bonchev–Trinajstić information content (AvgIpc) is 2.82. The first-order valence-electron chi connectivity index (χ1n) is 7.12. The molecule has 2 heterocycles. The van der Waals surface area contributed by atoms with Gasteiger partial charge in [0.05, 0.1) is 23.8 Å². The maximum Gasteiger partial charge on any atom is 0.356 e. The maximum absolute atomic E-state index is 12.0. The summed E-state index contributed by atoms with van der Waals surface area (Å²) in [6.45, 7) is 5.55. The molecular weight excluding hydrogens is 280 g/mol. The summed E-state index contributed by atoms with van der Waals surface area (Å²) < 4.78 is 6.62. The molecule has 0 aliphatic rings. The van der Waals surface area contributed by atoms with Crippen LogP contribution in [0.2, 0.25) is 0 Å². The summed E-state index contributed by atoms with van der Waals surface area (Å²) in [6, 6.07) is 7.49. The van der Waals surface area contributed by atoms with Crippen molar-refractivity contribution in [2.75, 3.05) is 6.61 Å². The SMILES string of the molecule is CCOC(=O)c1cc2c3c(C)cccc3n(C(C)=O)c2cn1. The van der Waals surface area contributed by atoms with E-state index in [0.717, 1.165) is 21.9 Å². The lowest BCUT2D eigenvalue weighted by molar-refractivity contribution is 0.0519. The van der Waals surface area contributed by atoms with Gasteiger partial charge in [0.1, 0.15) is 5.69 Å². The molecule has 0 atom stereocenters. The molecule has 3 aromatic rings. The minimum absolute atomic E-state index is 0.0868. The Balaban J connectivity index is 2.39. The Morgan fingerprint density at radius 2 is 2.05 bits per heavy atom. The van der Waals surface area contributed by atoms with Gasteiger partial charge in [-0.2, -0.15) is 0 Å². The number of esters is 1. The third kappa shape index (κ3) is 2.06. The molecule has 0 unspecified atom stereocenters. The van der Waals surface area contributed by atoms with Crippen LogP contribution in [0, 0.1) is 6.92 Å². The number of rotatable bonds is 2.